The molecule has 1 fully saturated rings. The fourth-order valence-electron chi connectivity index (χ4n) is 3.65. The lowest BCUT2D eigenvalue weighted by Crippen LogP contribution is -2.30. The van der Waals surface area contributed by atoms with Crippen molar-refractivity contribution in [3.05, 3.63) is 34.9 Å². The average molecular weight is 281 g/mol. The topological polar surface area (TPSA) is 3.24 Å². The van der Waals surface area contributed by atoms with E-state index in [2.05, 4.69) is 41.9 Å². The molecule has 1 aliphatic carbocycles. The van der Waals surface area contributed by atoms with E-state index in [1.54, 1.807) is 0 Å². The molecule has 0 spiro atoms. The van der Waals surface area contributed by atoms with E-state index < -0.39 is 0 Å². The van der Waals surface area contributed by atoms with Crippen LogP contribution in [0.25, 0.3) is 0 Å². The molecule has 112 valence electrons. The highest BCUT2D eigenvalue weighted by Gasteiger charge is 2.17. The Balaban J connectivity index is 1.45. The van der Waals surface area contributed by atoms with E-state index in [-0.39, 0.29) is 0 Å². The highest BCUT2D eigenvalue weighted by Crippen LogP contribution is 2.26. The molecule has 1 atom stereocenters. The van der Waals surface area contributed by atoms with Crippen molar-refractivity contribution in [3.8, 4) is 11.8 Å². The minimum absolute atomic E-state index is 0.813. The summed E-state index contributed by atoms with van der Waals surface area (Å²) in [4.78, 5) is 2.60. The number of benzene rings is 1. The third-order valence-corrected chi connectivity index (χ3v) is 4.80. The summed E-state index contributed by atoms with van der Waals surface area (Å²) in [6, 6.07) is 6.81. The number of unbranched alkanes of at least 4 members (excludes halogenated alkanes) is 1. The Kier molecular flexibility index (Phi) is 4.99. The molecule has 3 rings (SSSR count). The largest absolute Gasteiger partial charge is 0.303 e. The lowest BCUT2D eigenvalue weighted by Gasteiger charge is -2.25. The van der Waals surface area contributed by atoms with Crippen molar-refractivity contribution in [3.63, 3.8) is 0 Å². The van der Waals surface area contributed by atoms with E-state index in [9.17, 15) is 0 Å². The molecule has 1 aliphatic heterocycles. The molecule has 1 aromatic rings. The van der Waals surface area contributed by atoms with Crippen LogP contribution < -0.4 is 0 Å². The van der Waals surface area contributed by atoms with Gasteiger partial charge in [0.2, 0.25) is 0 Å². The van der Waals surface area contributed by atoms with Gasteiger partial charge in [-0.2, -0.15) is 0 Å². The number of hydrogen-bond acceptors (Lipinski definition) is 1. The van der Waals surface area contributed by atoms with Crippen LogP contribution in [0.5, 0.6) is 0 Å². The van der Waals surface area contributed by atoms with E-state index in [1.807, 2.05) is 0 Å². The van der Waals surface area contributed by atoms with Gasteiger partial charge in [0.15, 0.2) is 0 Å². The molecule has 0 radical (unpaired) electrons. The standard InChI is InChI=1S/C20H27N/c1-17-14-19-10-9-18(16-20(19)15-17)8-4-2-5-11-21-12-6-3-7-13-21/h9-10,16-17H,2-3,5-7,11-15H2,1H3. The fourth-order valence-corrected chi connectivity index (χ4v) is 3.65. The maximum atomic E-state index is 3.37. The van der Waals surface area contributed by atoms with E-state index in [4.69, 9.17) is 0 Å². The second-order valence-electron chi connectivity index (χ2n) is 6.80. The Hall–Kier alpha value is -1.26. The summed E-state index contributed by atoms with van der Waals surface area (Å²) in [5.74, 6) is 7.54. The number of likely N-dealkylation sites (tertiary alicyclic amines) is 1. The van der Waals surface area contributed by atoms with Gasteiger partial charge in [0.05, 0.1) is 0 Å². The van der Waals surface area contributed by atoms with Crippen LogP contribution in [0.2, 0.25) is 0 Å². The first-order chi connectivity index (χ1) is 10.3. The minimum atomic E-state index is 0.813. The molecule has 1 saturated heterocycles. The van der Waals surface area contributed by atoms with Crippen LogP contribution in [0.3, 0.4) is 0 Å². The summed E-state index contributed by atoms with van der Waals surface area (Å²) in [5.41, 5.74) is 4.28. The Morgan fingerprint density at radius 3 is 2.76 bits per heavy atom. The lowest BCUT2D eigenvalue weighted by molar-refractivity contribution is 0.227. The second-order valence-corrected chi connectivity index (χ2v) is 6.80. The van der Waals surface area contributed by atoms with Crippen LogP contribution in [0, 0.1) is 17.8 Å². The van der Waals surface area contributed by atoms with Crippen LogP contribution >= 0.6 is 0 Å². The summed E-state index contributed by atoms with van der Waals surface area (Å²) in [6.45, 7) is 6.18. The SMILES string of the molecule is CC1Cc2ccc(C#CCCCN3CCCCC3)cc2C1. The molecule has 21 heavy (non-hydrogen) atoms. The molecular weight excluding hydrogens is 254 g/mol. The van der Waals surface area contributed by atoms with Crippen molar-refractivity contribution in [1.29, 1.82) is 0 Å². The number of piperidine rings is 1. The summed E-state index contributed by atoms with van der Waals surface area (Å²) in [5, 5.41) is 0. The third-order valence-electron chi connectivity index (χ3n) is 4.80. The summed E-state index contributed by atoms with van der Waals surface area (Å²) >= 11 is 0. The van der Waals surface area contributed by atoms with Gasteiger partial charge in [0.1, 0.15) is 0 Å². The van der Waals surface area contributed by atoms with Gasteiger partial charge in [0, 0.05) is 12.0 Å². The number of hydrogen-bond donors (Lipinski definition) is 0. The normalized spacial score (nSPS) is 21.7. The smallest absolute Gasteiger partial charge is 0.0248 e. The van der Waals surface area contributed by atoms with Crippen molar-refractivity contribution in [2.75, 3.05) is 19.6 Å². The van der Waals surface area contributed by atoms with Crippen molar-refractivity contribution in [2.24, 2.45) is 5.92 Å². The Morgan fingerprint density at radius 2 is 1.90 bits per heavy atom. The van der Waals surface area contributed by atoms with Gasteiger partial charge in [-0.25, -0.2) is 0 Å². The number of nitrogens with zero attached hydrogens (tertiary/aromatic N) is 1. The lowest BCUT2D eigenvalue weighted by atomic mass is 10.1. The van der Waals surface area contributed by atoms with Crippen molar-refractivity contribution < 1.29 is 0 Å². The first-order valence-corrected chi connectivity index (χ1v) is 8.64. The Morgan fingerprint density at radius 1 is 1.10 bits per heavy atom. The maximum absolute atomic E-state index is 3.37. The Bertz CT molecular complexity index is 529. The molecule has 1 nitrogen and oxygen atoms in total. The van der Waals surface area contributed by atoms with E-state index in [0.717, 1.165) is 12.3 Å². The zero-order valence-corrected chi connectivity index (χ0v) is 13.3. The second kappa shape index (κ2) is 7.14. The molecule has 0 bridgehead atoms. The maximum Gasteiger partial charge on any atom is 0.0248 e. The van der Waals surface area contributed by atoms with Gasteiger partial charge in [0.25, 0.3) is 0 Å². The highest BCUT2D eigenvalue weighted by molar-refractivity contribution is 5.43. The van der Waals surface area contributed by atoms with Crippen LogP contribution in [0.1, 0.15) is 55.7 Å². The van der Waals surface area contributed by atoms with Crippen LogP contribution in [-0.2, 0) is 12.8 Å². The number of fused-ring (bicyclic) bond motifs is 1. The third kappa shape index (κ3) is 4.11. The van der Waals surface area contributed by atoms with Crippen LogP contribution in [0.4, 0.5) is 0 Å². The predicted molar refractivity (Wildman–Crippen MR) is 89.4 cm³/mol. The molecule has 1 heteroatoms. The molecule has 0 amide bonds. The molecule has 2 aliphatic rings. The minimum Gasteiger partial charge on any atom is -0.303 e. The first kappa shape index (κ1) is 14.7. The van der Waals surface area contributed by atoms with Gasteiger partial charge in [-0.1, -0.05) is 31.3 Å². The van der Waals surface area contributed by atoms with E-state index in [1.165, 1.54) is 74.8 Å². The van der Waals surface area contributed by atoms with E-state index in [0.29, 0.717) is 0 Å². The zero-order valence-electron chi connectivity index (χ0n) is 13.3. The molecular formula is C20H27N. The zero-order chi connectivity index (χ0) is 14.5. The van der Waals surface area contributed by atoms with Crippen LogP contribution in [0.15, 0.2) is 18.2 Å². The van der Waals surface area contributed by atoms with Gasteiger partial charge in [-0.15, -0.1) is 0 Å². The molecule has 0 N–H and O–H groups in total. The fraction of sp³-hybridized carbons (Fsp3) is 0.600. The molecule has 1 heterocycles. The first-order valence-electron chi connectivity index (χ1n) is 8.64. The summed E-state index contributed by atoms with van der Waals surface area (Å²) in [6.07, 6.45) is 8.93. The quantitative estimate of drug-likeness (QED) is 0.597. The average Bonchev–Trinajstić information content (AvgIpc) is 2.87. The highest BCUT2D eigenvalue weighted by atomic mass is 15.1. The van der Waals surface area contributed by atoms with Crippen LogP contribution in [-0.4, -0.2) is 24.5 Å². The van der Waals surface area contributed by atoms with Gasteiger partial charge < -0.3 is 4.90 Å². The van der Waals surface area contributed by atoms with Crippen molar-refractivity contribution in [2.45, 2.75) is 51.9 Å². The summed E-state index contributed by atoms with van der Waals surface area (Å²) < 4.78 is 0. The monoisotopic (exact) mass is 281 g/mol. The van der Waals surface area contributed by atoms with Gasteiger partial charge in [-0.3, -0.25) is 0 Å². The van der Waals surface area contributed by atoms with Gasteiger partial charge >= 0.3 is 0 Å². The van der Waals surface area contributed by atoms with Crippen molar-refractivity contribution >= 4 is 0 Å². The van der Waals surface area contributed by atoms with Crippen molar-refractivity contribution in [1.82, 2.24) is 4.90 Å². The van der Waals surface area contributed by atoms with E-state index >= 15 is 0 Å². The number of rotatable bonds is 3. The molecule has 0 aromatic heterocycles. The van der Waals surface area contributed by atoms with Gasteiger partial charge in [-0.05, 0) is 80.9 Å². The Labute approximate surface area is 129 Å². The summed E-state index contributed by atoms with van der Waals surface area (Å²) in [7, 11) is 0. The molecule has 0 saturated carbocycles. The predicted octanol–water partition coefficient (Wildman–Crippen LogP) is 4.04. The molecule has 1 aromatic carbocycles. The molecule has 1 unspecified atom stereocenters.